The van der Waals surface area contributed by atoms with Crippen molar-refractivity contribution < 1.29 is 9.32 Å². The van der Waals surface area contributed by atoms with Gasteiger partial charge in [0.2, 0.25) is 0 Å². The molecule has 2 heterocycles. The van der Waals surface area contributed by atoms with Crippen molar-refractivity contribution in [1.29, 1.82) is 0 Å². The minimum Gasteiger partial charge on any atom is -0.324 e. The zero-order valence-electron chi connectivity index (χ0n) is 17.3. The fraction of sp³-hybridized carbons (Fsp3) is 0.375. The van der Waals surface area contributed by atoms with Gasteiger partial charge in [-0.1, -0.05) is 52.6 Å². The van der Waals surface area contributed by atoms with E-state index in [0.717, 1.165) is 37.1 Å². The molecule has 0 N–H and O–H groups in total. The van der Waals surface area contributed by atoms with Crippen molar-refractivity contribution in [2.24, 2.45) is 0 Å². The Morgan fingerprint density at radius 1 is 0.935 bits per heavy atom. The number of carbonyl (C=O) groups excluding carboxylic acids is 1. The van der Waals surface area contributed by atoms with Crippen molar-refractivity contribution in [2.75, 3.05) is 18.0 Å². The molecule has 3 aromatic rings. The van der Waals surface area contributed by atoms with E-state index in [2.05, 4.69) is 15.0 Å². The highest BCUT2D eigenvalue weighted by atomic mass is 35.5. The zero-order valence-corrected chi connectivity index (χ0v) is 18.8. The van der Waals surface area contributed by atoms with Crippen molar-refractivity contribution in [3.8, 4) is 0 Å². The molecule has 0 unspecified atom stereocenters. The van der Waals surface area contributed by atoms with E-state index >= 15 is 0 Å². The maximum absolute atomic E-state index is 12.9. The predicted molar refractivity (Wildman–Crippen MR) is 123 cm³/mol. The summed E-state index contributed by atoms with van der Waals surface area (Å²) in [6.45, 7) is 1.86. The maximum atomic E-state index is 12.9. The van der Waals surface area contributed by atoms with Gasteiger partial charge < -0.3 is 9.42 Å². The number of hydrogen-bond acceptors (Lipinski definition) is 5. The monoisotopic (exact) mass is 457 g/mol. The number of piperidine rings is 1. The lowest BCUT2D eigenvalue weighted by atomic mass is 9.91. The predicted octanol–water partition coefficient (Wildman–Crippen LogP) is 5.89. The van der Waals surface area contributed by atoms with E-state index in [9.17, 15) is 4.79 Å². The third kappa shape index (κ3) is 6.08. The van der Waals surface area contributed by atoms with Gasteiger partial charge in [-0.3, -0.25) is 4.79 Å². The minimum absolute atomic E-state index is 0.130. The molecule has 0 bridgehead atoms. The average Bonchev–Trinajstić information content (AvgIpc) is 3.27. The number of benzene rings is 2. The molecular formula is C24H25Cl2N3O2. The molecule has 5 nitrogen and oxygen atoms in total. The molecule has 0 spiro atoms. The maximum Gasteiger partial charge on any atom is 0.324 e. The molecule has 0 radical (unpaired) electrons. The van der Waals surface area contributed by atoms with Gasteiger partial charge in [0.25, 0.3) is 0 Å². The quantitative estimate of drug-likeness (QED) is 0.421. The van der Waals surface area contributed by atoms with Crippen molar-refractivity contribution >= 4 is 35.0 Å². The summed E-state index contributed by atoms with van der Waals surface area (Å²) in [5, 5.41) is 5.60. The number of anilines is 1. The molecule has 7 heteroatoms. The smallest absolute Gasteiger partial charge is 0.324 e. The molecule has 1 atom stereocenters. The molecular weight excluding hydrogens is 433 g/mol. The Bertz CT molecular complexity index is 996. The van der Waals surface area contributed by atoms with Crippen LogP contribution in [0.25, 0.3) is 0 Å². The number of hydrogen-bond donors (Lipinski definition) is 0. The summed E-state index contributed by atoms with van der Waals surface area (Å²) >= 11 is 12.0. The first-order valence-corrected chi connectivity index (χ1v) is 11.4. The molecule has 1 aromatic heterocycles. The number of aromatic nitrogens is 2. The summed E-state index contributed by atoms with van der Waals surface area (Å²) in [4.78, 5) is 19.7. The lowest BCUT2D eigenvalue weighted by molar-refractivity contribution is -0.118. The van der Waals surface area contributed by atoms with Gasteiger partial charge >= 0.3 is 6.01 Å². The highest BCUT2D eigenvalue weighted by Crippen LogP contribution is 2.27. The van der Waals surface area contributed by atoms with Crippen molar-refractivity contribution in [1.82, 2.24) is 10.1 Å². The second-order valence-electron chi connectivity index (χ2n) is 8.06. The van der Waals surface area contributed by atoms with Crippen LogP contribution in [-0.4, -0.2) is 29.0 Å². The van der Waals surface area contributed by atoms with Gasteiger partial charge in [-0.05, 0) is 61.1 Å². The Morgan fingerprint density at radius 2 is 1.55 bits per heavy atom. The van der Waals surface area contributed by atoms with Crippen molar-refractivity contribution in [2.45, 2.75) is 44.4 Å². The van der Waals surface area contributed by atoms with Crippen LogP contribution in [0.5, 0.6) is 0 Å². The Kier molecular flexibility index (Phi) is 7.25. The van der Waals surface area contributed by atoms with E-state index < -0.39 is 0 Å². The summed E-state index contributed by atoms with van der Waals surface area (Å²) in [7, 11) is 0. The van der Waals surface area contributed by atoms with Crippen LogP contribution in [0.1, 0.15) is 48.6 Å². The van der Waals surface area contributed by atoms with E-state index in [1.165, 1.54) is 6.42 Å². The third-order valence-electron chi connectivity index (χ3n) is 5.61. The van der Waals surface area contributed by atoms with Crippen LogP contribution in [-0.2, 0) is 17.6 Å². The number of halogens is 2. The van der Waals surface area contributed by atoms with Gasteiger partial charge in [-0.15, -0.1) is 0 Å². The highest BCUT2D eigenvalue weighted by molar-refractivity contribution is 6.30. The Morgan fingerprint density at radius 3 is 2.19 bits per heavy atom. The standard InChI is InChI=1S/C24H25Cl2N3O2/c25-20-8-4-17(5-9-20)14-19(16-22(30)15-18-6-10-21(26)11-7-18)23-27-24(31-28-23)29-12-2-1-3-13-29/h4-11,19H,1-3,12-16H2/t19-/m1/s1. The minimum atomic E-state index is -0.164. The highest BCUT2D eigenvalue weighted by Gasteiger charge is 2.25. The van der Waals surface area contributed by atoms with Crippen LogP contribution in [0.2, 0.25) is 10.0 Å². The Hall–Kier alpha value is -2.37. The largest absolute Gasteiger partial charge is 0.324 e. The second kappa shape index (κ2) is 10.3. The number of Topliss-reactive ketones (excluding diaryl/α,β-unsaturated/α-hetero) is 1. The number of rotatable bonds is 8. The molecule has 1 saturated heterocycles. The average molecular weight is 458 g/mol. The van der Waals surface area contributed by atoms with Gasteiger partial charge in [0, 0.05) is 41.9 Å². The normalized spacial score (nSPS) is 15.1. The van der Waals surface area contributed by atoms with E-state index in [1.807, 2.05) is 36.4 Å². The topological polar surface area (TPSA) is 59.2 Å². The first-order valence-electron chi connectivity index (χ1n) is 10.7. The molecule has 31 heavy (non-hydrogen) atoms. The molecule has 162 valence electrons. The molecule has 0 amide bonds. The summed E-state index contributed by atoms with van der Waals surface area (Å²) in [5.41, 5.74) is 2.03. The summed E-state index contributed by atoms with van der Waals surface area (Å²) in [6, 6.07) is 15.6. The Balaban J connectivity index is 1.50. The van der Waals surface area contributed by atoms with Crippen LogP contribution in [0.15, 0.2) is 53.1 Å². The van der Waals surface area contributed by atoms with Crippen molar-refractivity contribution in [3.05, 3.63) is 75.5 Å². The third-order valence-corrected chi connectivity index (χ3v) is 6.11. The van der Waals surface area contributed by atoms with E-state index in [-0.39, 0.29) is 11.7 Å². The van der Waals surface area contributed by atoms with Crippen molar-refractivity contribution in [3.63, 3.8) is 0 Å². The lowest BCUT2D eigenvalue weighted by Gasteiger charge is -2.23. The van der Waals surface area contributed by atoms with E-state index in [1.54, 1.807) is 12.1 Å². The van der Waals surface area contributed by atoms with E-state index in [0.29, 0.717) is 41.1 Å². The van der Waals surface area contributed by atoms with Gasteiger partial charge in [0.05, 0.1) is 0 Å². The SMILES string of the molecule is O=C(Cc1ccc(Cl)cc1)C[C@@H](Cc1ccc(Cl)cc1)c1noc(N2CCCCC2)n1. The number of ketones is 1. The van der Waals surface area contributed by atoms with Crippen LogP contribution >= 0.6 is 23.2 Å². The lowest BCUT2D eigenvalue weighted by Crippen LogP contribution is -2.29. The van der Waals surface area contributed by atoms with Gasteiger partial charge in [-0.25, -0.2) is 0 Å². The molecule has 2 aromatic carbocycles. The molecule has 4 rings (SSSR count). The molecule has 1 aliphatic rings. The fourth-order valence-corrected chi connectivity index (χ4v) is 4.19. The number of carbonyl (C=O) groups is 1. The fourth-order valence-electron chi connectivity index (χ4n) is 3.94. The first-order chi connectivity index (χ1) is 15.1. The van der Waals surface area contributed by atoms with Crippen LogP contribution < -0.4 is 4.90 Å². The first kappa shape index (κ1) is 21.8. The van der Waals surface area contributed by atoms with Crippen LogP contribution in [0.4, 0.5) is 6.01 Å². The summed E-state index contributed by atoms with van der Waals surface area (Å²) < 4.78 is 5.57. The zero-order chi connectivity index (χ0) is 21.6. The van der Waals surface area contributed by atoms with E-state index in [4.69, 9.17) is 27.7 Å². The van der Waals surface area contributed by atoms with Crippen LogP contribution in [0.3, 0.4) is 0 Å². The summed E-state index contributed by atoms with van der Waals surface area (Å²) in [5.74, 6) is 0.550. The number of nitrogens with zero attached hydrogens (tertiary/aromatic N) is 3. The second-order valence-corrected chi connectivity index (χ2v) is 8.93. The van der Waals surface area contributed by atoms with Gasteiger partial charge in [0.1, 0.15) is 5.78 Å². The molecule has 1 fully saturated rings. The molecule has 0 aliphatic carbocycles. The van der Waals surface area contributed by atoms with Gasteiger partial charge in [0.15, 0.2) is 5.82 Å². The van der Waals surface area contributed by atoms with Crippen LogP contribution in [0, 0.1) is 0 Å². The van der Waals surface area contributed by atoms with Gasteiger partial charge in [-0.2, -0.15) is 4.98 Å². The summed E-state index contributed by atoms with van der Waals surface area (Å²) in [6.07, 6.45) is 4.82. The molecule has 1 aliphatic heterocycles. The molecule has 0 saturated carbocycles. The Labute approximate surface area is 192 Å².